The van der Waals surface area contributed by atoms with E-state index in [0.29, 0.717) is 16.8 Å². The highest BCUT2D eigenvalue weighted by molar-refractivity contribution is 6.10. The number of carbonyl (C=O) groups excluding carboxylic acids is 1. The Hall–Kier alpha value is -3.80. The summed E-state index contributed by atoms with van der Waals surface area (Å²) >= 11 is 0. The smallest absolute Gasteiger partial charge is 0.296 e. The Morgan fingerprint density at radius 2 is 1.76 bits per heavy atom. The molecule has 0 bridgehead atoms. The van der Waals surface area contributed by atoms with Crippen LogP contribution < -0.4 is 10.3 Å². The summed E-state index contributed by atoms with van der Waals surface area (Å²) in [5, 5.41) is 0.346. The molecule has 3 heterocycles. The minimum Gasteiger partial charge on any atom is -0.450 e. The zero-order chi connectivity index (χ0) is 20.1. The predicted molar refractivity (Wildman–Crippen MR) is 107 cm³/mol. The van der Waals surface area contributed by atoms with Crippen LogP contribution in [0.2, 0.25) is 0 Å². The largest absolute Gasteiger partial charge is 0.450 e. The highest BCUT2D eigenvalue weighted by Crippen LogP contribution is 2.41. The van der Waals surface area contributed by atoms with Crippen LogP contribution in [0.25, 0.3) is 11.0 Å². The maximum atomic E-state index is 14.8. The van der Waals surface area contributed by atoms with Gasteiger partial charge in [0, 0.05) is 11.8 Å². The molecule has 6 heteroatoms. The van der Waals surface area contributed by atoms with E-state index in [0.717, 1.165) is 5.56 Å². The fourth-order valence-corrected chi connectivity index (χ4v) is 3.75. The first-order chi connectivity index (χ1) is 14.1. The number of anilines is 1. The minimum absolute atomic E-state index is 0.0793. The third-order valence-electron chi connectivity index (χ3n) is 5.12. The molecule has 1 aliphatic heterocycles. The van der Waals surface area contributed by atoms with Gasteiger partial charge in [-0.3, -0.25) is 14.5 Å². The molecule has 0 aliphatic carbocycles. The summed E-state index contributed by atoms with van der Waals surface area (Å²) in [7, 11) is 0. The molecule has 1 aliphatic rings. The number of fused-ring (bicyclic) bond motifs is 2. The molecule has 0 fully saturated rings. The number of benzene rings is 2. The van der Waals surface area contributed by atoms with Gasteiger partial charge in [-0.15, -0.1) is 0 Å². The first-order valence-electron chi connectivity index (χ1n) is 9.12. The number of nitrogens with zero attached hydrogens (tertiary/aromatic N) is 2. The fraction of sp³-hybridized carbons (Fsp3) is 0.0870. The lowest BCUT2D eigenvalue weighted by Gasteiger charge is -2.24. The predicted octanol–water partition coefficient (Wildman–Crippen LogP) is 4.39. The van der Waals surface area contributed by atoms with Crippen LogP contribution in [0.15, 0.2) is 76.1 Å². The van der Waals surface area contributed by atoms with Crippen LogP contribution in [0.5, 0.6) is 0 Å². The third-order valence-corrected chi connectivity index (χ3v) is 5.12. The number of pyridine rings is 1. The van der Waals surface area contributed by atoms with E-state index in [1.54, 1.807) is 54.7 Å². The molecule has 0 spiro atoms. The Bertz CT molecular complexity index is 1330. The average molecular weight is 386 g/mol. The number of amides is 1. The van der Waals surface area contributed by atoms with Crippen molar-refractivity contribution in [1.29, 1.82) is 0 Å². The van der Waals surface area contributed by atoms with Crippen molar-refractivity contribution in [3.05, 3.63) is 105 Å². The Morgan fingerprint density at radius 1 is 1.00 bits per heavy atom. The van der Waals surface area contributed by atoms with E-state index in [1.165, 1.54) is 11.0 Å². The van der Waals surface area contributed by atoms with E-state index in [-0.39, 0.29) is 22.3 Å². The second-order valence-electron chi connectivity index (χ2n) is 6.96. The zero-order valence-corrected chi connectivity index (χ0v) is 15.4. The van der Waals surface area contributed by atoms with Crippen molar-refractivity contribution in [3.8, 4) is 0 Å². The SMILES string of the molecule is Cc1ccc(N2C(=O)c3oc4ccccc4c(=O)c3C2c2ccccc2F)nc1. The van der Waals surface area contributed by atoms with Crippen molar-refractivity contribution in [3.63, 3.8) is 0 Å². The zero-order valence-electron chi connectivity index (χ0n) is 15.4. The summed E-state index contributed by atoms with van der Waals surface area (Å²) in [6.45, 7) is 1.88. The molecule has 1 amide bonds. The fourth-order valence-electron chi connectivity index (χ4n) is 3.75. The maximum absolute atomic E-state index is 14.8. The van der Waals surface area contributed by atoms with Crippen LogP contribution in [0.3, 0.4) is 0 Å². The third kappa shape index (κ3) is 2.56. The second kappa shape index (κ2) is 6.38. The monoisotopic (exact) mass is 386 g/mol. The summed E-state index contributed by atoms with van der Waals surface area (Å²) in [6.07, 6.45) is 1.62. The lowest BCUT2D eigenvalue weighted by atomic mass is 9.98. The molecule has 5 rings (SSSR count). The van der Waals surface area contributed by atoms with Crippen molar-refractivity contribution in [2.45, 2.75) is 13.0 Å². The van der Waals surface area contributed by atoms with Crippen LogP contribution in [0.1, 0.15) is 33.3 Å². The number of carbonyl (C=O) groups is 1. The highest BCUT2D eigenvalue weighted by Gasteiger charge is 2.45. The summed E-state index contributed by atoms with van der Waals surface area (Å²) in [5.74, 6) is -0.789. The van der Waals surface area contributed by atoms with E-state index >= 15 is 0 Å². The van der Waals surface area contributed by atoms with Crippen LogP contribution >= 0.6 is 0 Å². The van der Waals surface area contributed by atoms with E-state index in [9.17, 15) is 14.0 Å². The number of rotatable bonds is 2. The summed E-state index contributed by atoms with van der Waals surface area (Å²) in [5.41, 5.74) is 1.22. The lowest BCUT2D eigenvalue weighted by Crippen LogP contribution is -2.30. The Kier molecular flexibility index (Phi) is 3.81. The first-order valence-corrected chi connectivity index (χ1v) is 9.12. The van der Waals surface area contributed by atoms with E-state index in [4.69, 9.17) is 4.42 Å². The van der Waals surface area contributed by atoms with Crippen molar-refractivity contribution < 1.29 is 13.6 Å². The molecule has 4 aromatic rings. The lowest BCUT2D eigenvalue weighted by molar-refractivity contribution is 0.0970. The van der Waals surface area contributed by atoms with Gasteiger partial charge >= 0.3 is 0 Å². The molecule has 5 nitrogen and oxygen atoms in total. The van der Waals surface area contributed by atoms with Crippen LogP contribution in [0.4, 0.5) is 10.2 Å². The van der Waals surface area contributed by atoms with Crippen molar-refractivity contribution in [2.75, 3.05) is 4.90 Å². The Balaban J connectivity index is 1.84. The highest BCUT2D eigenvalue weighted by atomic mass is 19.1. The van der Waals surface area contributed by atoms with Gasteiger partial charge in [-0.2, -0.15) is 0 Å². The second-order valence-corrected chi connectivity index (χ2v) is 6.96. The number of para-hydroxylation sites is 1. The summed E-state index contributed by atoms with van der Waals surface area (Å²) < 4.78 is 20.6. The van der Waals surface area contributed by atoms with Gasteiger partial charge in [0.25, 0.3) is 5.91 Å². The molecular formula is C23H15FN2O3. The van der Waals surface area contributed by atoms with Crippen LogP contribution in [-0.4, -0.2) is 10.9 Å². The Labute approximate surface area is 165 Å². The molecule has 0 saturated heterocycles. The topological polar surface area (TPSA) is 63.4 Å². The molecule has 0 N–H and O–H groups in total. The molecule has 1 atom stereocenters. The quantitative estimate of drug-likeness (QED) is 0.513. The molecule has 2 aromatic carbocycles. The van der Waals surface area contributed by atoms with Crippen molar-refractivity contribution >= 4 is 22.7 Å². The van der Waals surface area contributed by atoms with Gasteiger partial charge in [-0.05, 0) is 36.8 Å². The number of aryl methyl sites for hydroxylation is 1. The standard InChI is InChI=1S/C23H15FN2O3/c1-13-10-11-18(25-12-13)26-20(14-6-2-4-8-16(14)24)19-21(27)15-7-3-5-9-17(15)29-22(19)23(26)28/h2-12,20H,1H3. The summed E-state index contributed by atoms with van der Waals surface area (Å²) in [4.78, 5) is 32.3. The summed E-state index contributed by atoms with van der Waals surface area (Å²) in [6, 6.07) is 15.4. The number of hydrogen-bond donors (Lipinski definition) is 0. The van der Waals surface area contributed by atoms with Gasteiger partial charge in [-0.1, -0.05) is 36.4 Å². The molecule has 142 valence electrons. The minimum atomic E-state index is -0.963. The van der Waals surface area contributed by atoms with Gasteiger partial charge in [0.1, 0.15) is 17.2 Å². The molecule has 29 heavy (non-hydrogen) atoms. The van der Waals surface area contributed by atoms with Crippen molar-refractivity contribution in [2.24, 2.45) is 0 Å². The van der Waals surface area contributed by atoms with Gasteiger partial charge in [0.05, 0.1) is 17.0 Å². The average Bonchev–Trinajstić information content (AvgIpc) is 3.02. The van der Waals surface area contributed by atoms with Gasteiger partial charge < -0.3 is 4.42 Å². The van der Waals surface area contributed by atoms with E-state index in [2.05, 4.69) is 4.98 Å². The number of halogens is 1. The number of aromatic nitrogens is 1. The number of hydrogen-bond acceptors (Lipinski definition) is 4. The van der Waals surface area contributed by atoms with E-state index in [1.807, 2.05) is 13.0 Å². The first kappa shape index (κ1) is 17.3. The Morgan fingerprint density at radius 3 is 2.52 bits per heavy atom. The van der Waals surface area contributed by atoms with Gasteiger partial charge in [-0.25, -0.2) is 9.37 Å². The molecule has 1 unspecified atom stereocenters. The van der Waals surface area contributed by atoms with Crippen molar-refractivity contribution in [1.82, 2.24) is 4.98 Å². The normalized spacial score (nSPS) is 15.7. The molecule has 2 aromatic heterocycles. The van der Waals surface area contributed by atoms with E-state index < -0.39 is 17.8 Å². The molecule has 0 saturated carbocycles. The van der Waals surface area contributed by atoms with Crippen LogP contribution in [0, 0.1) is 12.7 Å². The maximum Gasteiger partial charge on any atom is 0.296 e. The molecular weight excluding hydrogens is 371 g/mol. The van der Waals surface area contributed by atoms with Gasteiger partial charge in [0.2, 0.25) is 5.76 Å². The van der Waals surface area contributed by atoms with Crippen LogP contribution in [-0.2, 0) is 0 Å². The van der Waals surface area contributed by atoms with Gasteiger partial charge in [0.15, 0.2) is 5.43 Å². The molecule has 0 radical (unpaired) electrons.